The van der Waals surface area contributed by atoms with E-state index in [0.29, 0.717) is 24.0 Å². The van der Waals surface area contributed by atoms with Crippen molar-refractivity contribution in [2.24, 2.45) is 0 Å². The van der Waals surface area contributed by atoms with Crippen LogP contribution in [0.5, 0.6) is 0 Å². The third-order valence-corrected chi connectivity index (χ3v) is 7.38. The van der Waals surface area contributed by atoms with Crippen LogP contribution in [0.1, 0.15) is 30.0 Å². The molecule has 0 spiro atoms. The van der Waals surface area contributed by atoms with Crippen LogP contribution in [0, 0.1) is 0 Å². The van der Waals surface area contributed by atoms with Gasteiger partial charge in [-0.2, -0.15) is 5.10 Å². The number of hydrogen-bond acceptors (Lipinski definition) is 7. The van der Waals surface area contributed by atoms with Gasteiger partial charge < -0.3 is 16.0 Å². The zero-order valence-electron chi connectivity index (χ0n) is 22.4. The number of anilines is 1. The molecular formula is C30H31N9O. The lowest BCUT2D eigenvalue weighted by Crippen LogP contribution is -2.29. The lowest BCUT2D eigenvalue weighted by Gasteiger charge is -2.18. The average Bonchev–Trinajstić information content (AvgIpc) is 3.73. The normalized spacial score (nSPS) is 14.4. The third-order valence-electron chi connectivity index (χ3n) is 7.38. The van der Waals surface area contributed by atoms with E-state index in [4.69, 9.17) is 15.7 Å². The molecule has 40 heavy (non-hydrogen) atoms. The van der Waals surface area contributed by atoms with Gasteiger partial charge in [0.1, 0.15) is 11.3 Å². The first-order chi connectivity index (χ1) is 19.5. The van der Waals surface area contributed by atoms with E-state index in [0.717, 1.165) is 48.2 Å². The number of aryl methyl sites for hydroxylation is 1. The molecule has 0 fully saturated rings. The van der Waals surface area contributed by atoms with E-state index in [1.165, 1.54) is 17.2 Å². The number of rotatable bonds is 9. The Labute approximate surface area is 232 Å². The van der Waals surface area contributed by atoms with Gasteiger partial charge in [-0.15, -0.1) is 0 Å². The molecule has 0 saturated carbocycles. The molecule has 1 atom stereocenters. The fourth-order valence-corrected chi connectivity index (χ4v) is 5.32. The summed E-state index contributed by atoms with van der Waals surface area (Å²) in [5.41, 5.74) is 12.1. The number of likely N-dealkylation sites (N-methyl/N-ethyl adjacent to an activating group) is 1. The zero-order valence-corrected chi connectivity index (χ0v) is 22.4. The van der Waals surface area contributed by atoms with E-state index >= 15 is 0 Å². The van der Waals surface area contributed by atoms with Gasteiger partial charge in [-0.25, -0.2) is 19.6 Å². The number of fused-ring (bicyclic) bond motifs is 2. The lowest BCUT2D eigenvalue weighted by molar-refractivity contribution is -0.124. The highest BCUT2D eigenvalue weighted by atomic mass is 16.2. The van der Waals surface area contributed by atoms with Crippen LogP contribution >= 0.6 is 0 Å². The summed E-state index contributed by atoms with van der Waals surface area (Å²) in [6.45, 7) is 5.08. The fraction of sp³-hybridized carbons (Fsp3) is 0.233. The second kappa shape index (κ2) is 10.7. The number of carbonyl (C=O) groups is 1. The standard InChI is InChI=1S/C30H31N9O/c1-3-27(40)37(2)17-5-15-32-24-11-8-20-19-21(9-10-22(20)24)39-29(23-7-4-14-33-28(23)31)35-25-12-13-26(36-30(25)39)38-18-6-16-34-38/h3-4,6-7,9-10,12-14,16,18-19,24,32H,1,5,8,11,15,17H2,2H3,(H2,31,33)/t24-/m0/s1. The first-order valence-electron chi connectivity index (χ1n) is 13.4. The van der Waals surface area contributed by atoms with Crippen LogP contribution in [0.2, 0.25) is 0 Å². The molecule has 6 rings (SSSR count). The molecule has 0 saturated heterocycles. The van der Waals surface area contributed by atoms with Crippen LogP contribution < -0.4 is 11.1 Å². The summed E-state index contributed by atoms with van der Waals surface area (Å²) >= 11 is 0. The van der Waals surface area contributed by atoms with Gasteiger partial charge in [0.2, 0.25) is 5.91 Å². The van der Waals surface area contributed by atoms with Crippen molar-refractivity contribution in [3.8, 4) is 22.9 Å². The van der Waals surface area contributed by atoms with E-state index in [9.17, 15) is 4.79 Å². The minimum absolute atomic E-state index is 0.0515. The maximum atomic E-state index is 11.7. The number of imidazole rings is 1. The molecular weight excluding hydrogens is 502 g/mol. The lowest BCUT2D eigenvalue weighted by atomic mass is 10.1. The number of nitrogens with one attached hydrogen (secondary N) is 1. The van der Waals surface area contributed by atoms with Crippen LogP contribution in [0.3, 0.4) is 0 Å². The highest BCUT2D eigenvalue weighted by Gasteiger charge is 2.24. The largest absolute Gasteiger partial charge is 0.383 e. The summed E-state index contributed by atoms with van der Waals surface area (Å²) in [5, 5.41) is 8.02. The summed E-state index contributed by atoms with van der Waals surface area (Å²) in [5.74, 6) is 1.76. The second-order valence-corrected chi connectivity index (χ2v) is 9.92. The molecule has 0 unspecified atom stereocenters. The quantitative estimate of drug-likeness (QED) is 0.218. The molecule has 4 aromatic heterocycles. The van der Waals surface area contributed by atoms with Crippen LogP contribution in [-0.2, 0) is 11.2 Å². The number of carbonyl (C=O) groups excluding carboxylic acids is 1. The summed E-state index contributed by atoms with van der Waals surface area (Å²) < 4.78 is 3.79. The summed E-state index contributed by atoms with van der Waals surface area (Å²) in [7, 11) is 1.80. The van der Waals surface area contributed by atoms with Crippen molar-refractivity contribution in [2.45, 2.75) is 25.3 Å². The number of amides is 1. The molecule has 1 amide bonds. The maximum Gasteiger partial charge on any atom is 0.245 e. The van der Waals surface area contributed by atoms with Crippen molar-refractivity contribution in [3.63, 3.8) is 0 Å². The Hall–Kier alpha value is -4.83. The molecule has 1 aliphatic rings. The van der Waals surface area contributed by atoms with Crippen molar-refractivity contribution in [3.05, 3.63) is 90.9 Å². The number of pyridine rings is 2. The van der Waals surface area contributed by atoms with Crippen molar-refractivity contribution in [2.75, 3.05) is 25.9 Å². The molecule has 0 bridgehead atoms. The van der Waals surface area contributed by atoms with Gasteiger partial charge in [0.05, 0.1) is 5.56 Å². The van der Waals surface area contributed by atoms with E-state index in [1.807, 2.05) is 36.5 Å². The Morgan fingerprint density at radius 3 is 2.90 bits per heavy atom. The Bertz CT molecular complexity index is 1690. The summed E-state index contributed by atoms with van der Waals surface area (Å²) in [6, 6.07) is 16.4. The molecule has 0 radical (unpaired) electrons. The van der Waals surface area contributed by atoms with E-state index in [-0.39, 0.29) is 11.9 Å². The van der Waals surface area contributed by atoms with Gasteiger partial charge in [-0.05, 0) is 85.5 Å². The first kappa shape index (κ1) is 25.4. The number of aromatic nitrogens is 6. The van der Waals surface area contributed by atoms with Crippen LogP contribution in [-0.4, -0.2) is 60.2 Å². The van der Waals surface area contributed by atoms with Gasteiger partial charge in [0.25, 0.3) is 0 Å². The molecule has 10 nitrogen and oxygen atoms in total. The Morgan fingerprint density at radius 1 is 1.20 bits per heavy atom. The number of nitrogens with zero attached hydrogens (tertiary/aromatic N) is 7. The first-order valence-corrected chi connectivity index (χ1v) is 13.4. The van der Waals surface area contributed by atoms with Gasteiger partial charge >= 0.3 is 0 Å². The van der Waals surface area contributed by atoms with Gasteiger partial charge in [0.15, 0.2) is 17.3 Å². The fourth-order valence-electron chi connectivity index (χ4n) is 5.32. The maximum absolute atomic E-state index is 11.7. The minimum Gasteiger partial charge on any atom is -0.383 e. The van der Waals surface area contributed by atoms with Crippen LogP contribution in [0.25, 0.3) is 34.1 Å². The highest BCUT2D eigenvalue weighted by molar-refractivity contribution is 5.86. The highest BCUT2D eigenvalue weighted by Crippen LogP contribution is 2.35. The Kier molecular flexibility index (Phi) is 6.83. The summed E-state index contributed by atoms with van der Waals surface area (Å²) in [4.78, 5) is 27.6. The summed E-state index contributed by atoms with van der Waals surface area (Å²) in [6.07, 6.45) is 9.50. The topological polar surface area (TPSA) is 120 Å². The van der Waals surface area contributed by atoms with Gasteiger partial charge in [0, 0.05) is 43.9 Å². The molecule has 1 aromatic carbocycles. The predicted octanol–water partition coefficient (Wildman–Crippen LogP) is 3.86. The molecule has 1 aliphatic carbocycles. The minimum atomic E-state index is -0.0515. The molecule has 0 aliphatic heterocycles. The monoisotopic (exact) mass is 533 g/mol. The second-order valence-electron chi connectivity index (χ2n) is 9.92. The Morgan fingerprint density at radius 2 is 2.10 bits per heavy atom. The number of nitrogen functional groups attached to an aromatic ring is 1. The van der Waals surface area contributed by atoms with Crippen LogP contribution in [0.15, 0.2) is 79.8 Å². The van der Waals surface area contributed by atoms with Crippen molar-refractivity contribution in [1.82, 2.24) is 39.5 Å². The van der Waals surface area contributed by atoms with Crippen LogP contribution in [0.4, 0.5) is 5.82 Å². The van der Waals surface area contributed by atoms with Gasteiger partial charge in [-0.3, -0.25) is 9.36 Å². The van der Waals surface area contributed by atoms with Crippen molar-refractivity contribution < 1.29 is 4.79 Å². The molecule has 3 N–H and O–H groups in total. The number of hydrogen-bond donors (Lipinski definition) is 2. The van der Waals surface area contributed by atoms with Gasteiger partial charge in [-0.1, -0.05) is 12.6 Å². The van der Waals surface area contributed by atoms with E-state index < -0.39 is 0 Å². The Balaban J connectivity index is 1.33. The molecule has 5 aromatic rings. The average molecular weight is 534 g/mol. The smallest absolute Gasteiger partial charge is 0.245 e. The third kappa shape index (κ3) is 4.73. The number of benzene rings is 1. The zero-order chi connectivity index (χ0) is 27.6. The number of nitrogens with two attached hydrogens (primary N) is 1. The predicted molar refractivity (Wildman–Crippen MR) is 155 cm³/mol. The van der Waals surface area contributed by atoms with E-state index in [2.05, 4.69) is 44.7 Å². The van der Waals surface area contributed by atoms with E-state index in [1.54, 1.807) is 29.0 Å². The van der Waals surface area contributed by atoms with Crippen molar-refractivity contribution in [1.29, 1.82) is 0 Å². The molecule has 4 heterocycles. The molecule has 202 valence electrons. The van der Waals surface area contributed by atoms with Crippen molar-refractivity contribution >= 4 is 22.9 Å². The SMILES string of the molecule is C=CC(=O)N(C)CCCN[C@H]1CCc2cc(-n3c(-c4cccnc4N)nc4ccc(-n5cccn5)nc43)ccc21. The molecule has 10 heteroatoms.